The molecule has 3 nitrogen and oxygen atoms in total. The van der Waals surface area contributed by atoms with Gasteiger partial charge < -0.3 is 14.8 Å². The molecule has 2 heterocycles. The van der Waals surface area contributed by atoms with Gasteiger partial charge in [0.15, 0.2) is 0 Å². The molecule has 1 atom stereocenters. The first-order valence-electron chi connectivity index (χ1n) is 6.73. The van der Waals surface area contributed by atoms with E-state index in [0.717, 1.165) is 39.2 Å². The minimum Gasteiger partial charge on any atom is -0.381 e. The fourth-order valence-corrected chi connectivity index (χ4v) is 2.59. The van der Waals surface area contributed by atoms with Gasteiger partial charge in [-0.25, -0.2) is 0 Å². The highest BCUT2D eigenvalue weighted by Gasteiger charge is 2.26. The van der Waals surface area contributed by atoms with Crippen LogP contribution in [0.25, 0.3) is 0 Å². The summed E-state index contributed by atoms with van der Waals surface area (Å²) in [6.07, 6.45) is 7.82. The molecule has 1 unspecified atom stereocenters. The van der Waals surface area contributed by atoms with Crippen LogP contribution in [-0.4, -0.2) is 38.0 Å². The summed E-state index contributed by atoms with van der Waals surface area (Å²) in [6.45, 7) is 6.25. The molecule has 0 bridgehead atoms. The number of hydrogen-bond acceptors (Lipinski definition) is 3. The first kappa shape index (κ1) is 12.3. The van der Waals surface area contributed by atoms with Crippen molar-refractivity contribution in [3.8, 4) is 0 Å². The molecule has 1 N–H and O–H groups in total. The zero-order valence-electron chi connectivity index (χ0n) is 10.5. The number of nitrogens with one attached hydrogen (secondary N) is 1. The molecule has 94 valence electrons. The maximum Gasteiger partial charge on any atom is 0.0576 e. The highest BCUT2D eigenvalue weighted by molar-refractivity contribution is 4.85. The second kappa shape index (κ2) is 5.99. The molecule has 0 spiro atoms. The normalized spacial score (nSPS) is 29.4. The Morgan fingerprint density at radius 1 is 1.25 bits per heavy atom. The third kappa shape index (κ3) is 3.72. The van der Waals surface area contributed by atoms with Gasteiger partial charge >= 0.3 is 0 Å². The average molecular weight is 227 g/mol. The first-order chi connectivity index (χ1) is 7.79. The van der Waals surface area contributed by atoms with Crippen LogP contribution >= 0.6 is 0 Å². The molecule has 3 heteroatoms. The standard InChI is InChI=1S/C13H25NO2/c1-13(6-10-15-11-7-13)14-8-2-4-12-5-3-9-16-12/h12,14H,2-11H2,1H3. The molecule has 2 aliphatic heterocycles. The SMILES string of the molecule is CC1(NCCCC2CCCO2)CCOCC1. The smallest absolute Gasteiger partial charge is 0.0576 e. The number of rotatable bonds is 5. The molecule has 0 saturated carbocycles. The van der Waals surface area contributed by atoms with Gasteiger partial charge in [-0.2, -0.15) is 0 Å². The summed E-state index contributed by atoms with van der Waals surface area (Å²) in [4.78, 5) is 0. The van der Waals surface area contributed by atoms with Crippen LogP contribution in [0.4, 0.5) is 0 Å². The fraction of sp³-hybridized carbons (Fsp3) is 1.00. The van der Waals surface area contributed by atoms with Gasteiger partial charge in [0.25, 0.3) is 0 Å². The molecule has 16 heavy (non-hydrogen) atoms. The van der Waals surface area contributed by atoms with Crippen LogP contribution in [0.3, 0.4) is 0 Å². The van der Waals surface area contributed by atoms with Crippen LogP contribution in [0.15, 0.2) is 0 Å². The molecule has 0 aromatic rings. The quantitative estimate of drug-likeness (QED) is 0.730. The second-order valence-corrected chi connectivity index (χ2v) is 5.38. The lowest BCUT2D eigenvalue weighted by Crippen LogP contribution is -2.47. The van der Waals surface area contributed by atoms with Crippen LogP contribution in [0, 0.1) is 0 Å². The van der Waals surface area contributed by atoms with Gasteiger partial charge in [0.2, 0.25) is 0 Å². The molecule has 0 aromatic carbocycles. The van der Waals surface area contributed by atoms with Crippen LogP contribution in [0.5, 0.6) is 0 Å². The highest BCUT2D eigenvalue weighted by Crippen LogP contribution is 2.20. The zero-order chi connectivity index (χ0) is 11.3. The summed E-state index contributed by atoms with van der Waals surface area (Å²) >= 11 is 0. The predicted octanol–water partition coefficient (Wildman–Crippen LogP) is 2.10. The van der Waals surface area contributed by atoms with E-state index in [2.05, 4.69) is 12.2 Å². The van der Waals surface area contributed by atoms with Gasteiger partial charge in [0.1, 0.15) is 0 Å². The summed E-state index contributed by atoms with van der Waals surface area (Å²) in [7, 11) is 0. The van der Waals surface area contributed by atoms with E-state index >= 15 is 0 Å². The third-order valence-corrected chi connectivity index (χ3v) is 3.87. The van der Waals surface area contributed by atoms with Crippen molar-refractivity contribution < 1.29 is 9.47 Å². The van der Waals surface area contributed by atoms with Gasteiger partial charge in [-0.3, -0.25) is 0 Å². The minimum atomic E-state index is 0.314. The van der Waals surface area contributed by atoms with Crippen molar-refractivity contribution in [2.75, 3.05) is 26.4 Å². The van der Waals surface area contributed by atoms with E-state index in [1.165, 1.54) is 25.7 Å². The largest absolute Gasteiger partial charge is 0.381 e. The van der Waals surface area contributed by atoms with Crippen molar-refractivity contribution in [1.29, 1.82) is 0 Å². The van der Waals surface area contributed by atoms with E-state index in [0.29, 0.717) is 11.6 Å². The lowest BCUT2D eigenvalue weighted by molar-refractivity contribution is 0.0443. The molecule has 0 aliphatic carbocycles. The van der Waals surface area contributed by atoms with E-state index in [4.69, 9.17) is 9.47 Å². The summed E-state index contributed by atoms with van der Waals surface area (Å²) < 4.78 is 11.0. The van der Waals surface area contributed by atoms with Gasteiger partial charge in [-0.05, 0) is 52.0 Å². The van der Waals surface area contributed by atoms with Crippen LogP contribution < -0.4 is 5.32 Å². The summed E-state index contributed by atoms with van der Waals surface area (Å²) in [5, 5.41) is 3.69. The highest BCUT2D eigenvalue weighted by atomic mass is 16.5. The molecule has 0 radical (unpaired) electrons. The molecule has 0 amide bonds. The van der Waals surface area contributed by atoms with E-state index < -0.39 is 0 Å². The Kier molecular flexibility index (Phi) is 4.62. The minimum absolute atomic E-state index is 0.314. The predicted molar refractivity (Wildman–Crippen MR) is 64.7 cm³/mol. The maximum atomic E-state index is 5.62. The second-order valence-electron chi connectivity index (χ2n) is 5.38. The molecule has 2 fully saturated rings. The number of hydrogen-bond donors (Lipinski definition) is 1. The summed E-state index contributed by atoms with van der Waals surface area (Å²) in [5.41, 5.74) is 0.314. The van der Waals surface area contributed by atoms with Crippen molar-refractivity contribution in [3.05, 3.63) is 0 Å². The summed E-state index contributed by atoms with van der Waals surface area (Å²) in [5.74, 6) is 0. The Balaban J connectivity index is 1.56. The van der Waals surface area contributed by atoms with Crippen molar-refractivity contribution in [2.45, 2.75) is 57.1 Å². The molecular formula is C13H25NO2. The molecule has 2 rings (SSSR count). The van der Waals surface area contributed by atoms with Gasteiger partial charge in [0, 0.05) is 25.4 Å². The maximum absolute atomic E-state index is 5.62. The number of ether oxygens (including phenoxy) is 2. The molecule has 2 saturated heterocycles. The van der Waals surface area contributed by atoms with Gasteiger partial charge in [-0.1, -0.05) is 0 Å². The van der Waals surface area contributed by atoms with Crippen molar-refractivity contribution in [3.63, 3.8) is 0 Å². The molecule has 2 aliphatic rings. The van der Waals surface area contributed by atoms with Crippen molar-refractivity contribution in [1.82, 2.24) is 5.32 Å². The monoisotopic (exact) mass is 227 g/mol. The van der Waals surface area contributed by atoms with E-state index in [9.17, 15) is 0 Å². The fourth-order valence-electron chi connectivity index (χ4n) is 2.59. The van der Waals surface area contributed by atoms with Crippen molar-refractivity contribution >= 4 is 0 Å². The Hall–Kier alpha value is -0.120. The van der Waals surface area contributed by atoms with Crippen LogP contribution in [-0.2, 0) is 9.47 Å². The van der Waals surface area contributed by atoms with E-state index in [-0.39, 0.29) is 0 Å². The summed E-state index contributed by atoms with van der Waals surface area (Å²) in [6, 6.07) is 0. The zero-order valence-corrected chi connectivity index (χ0v) is 10.5. The van der Waals surface area contributed by atoms with Crippen molar-refractivity contribution in [2.24, 2.45) is 0 Å². The Labute approximate surface area is 98.9 Å². The van der Waals surface area contributed by atoms with Gasteiger partial charge in [0.05, 0.1) is 6.10 Å². The van der Waals surface area contributed by atoms with Crippen LogP contribution in [0.2, 0.25) is 0 Å². The van der Waals surface area contributed by atoms with E-state index in [1.807, 2.05) is 0 Å². The molecule has 0 aromatic heterocycles. The molecular weight excluding hydrogens is 202 g/mol. The first-order valence-corrected chi connectivity index (χ1v) is 6.73. The Morgan fingerprint density at radius 2 is 2.06 bits per heavy atom. The Bertz CT molecular complexity index is 196. The lowest BCUT2D eigenvalue weighted by Gasteiger charge is -2.34. The lowest BCUT2D eigenvalue weighted by atomic mass is 9.92. The topological polar surface area (TPSA) is 30.5 Å². The van der Waals surface area contributed by atoms with E-state index in [1.54, 1.807) is 0 Å². The Morgan fingerprint density at radius 3 is 2.75 bits per heavy atom. The third-order valence-electron chi connectivity index (χ3n) is 3.87. The van der Waals surface area contributed by atoms with Gasteiger partial charge in [-0.15, -0.1) is 0 Å². The average Bonchev–Trinajstić information content (AvgIpc) is 2.78. The van der Waals surface area contributed by atoms with Crippen LogP contribution in [0.1, 0.15) is 45.4 Å².